The number of urea groups is 1. The van der Waals surface area contributed by atoms with E-state index in [4.69, 9.17) is 0 Å². The van der Waals surface area contributed by atoms with Crippen molar-refractivity contribution in [3.8, 4) is 0 Å². The standard InChI is InChI=1S/C19H15F3N4O4/c1-10-15(17(27)24-14-8-3-2-7-13(14)19(20,21)22)16(25-18(28)23-10)11-5-4-6-12(9-11)26(29)30/h2-9,16H,1H3,(H,24,27)(H2,23,25,28). The second-order valence-electron chi connectivity index (χ2n) is 6.42. The van der Waals surface area contributed by atoms with Gasteiger partial charge in [-0.3, -0.25) is 14.9 Å². The topological polar surface area (TPSA) is 113 Å². The third-order valence-corrected chi connectivity index (χ3v) is 4.41. The Morgan fingerprint density at radius 1 is 1.17 bits per heavy atom. The number of nitro groups is 1. The second kappa shape index (κ2) is 7.85. The van der Waals surface area contributed by atoms with Crippen LogP contribution in [0.2, 0.25) is 0 Å². The van der Waals surface area contributed by atoms with Crippen LogP contribution in [-0.2, 0) is 11.0 Å². The minimum Gasteiger partial charge on any atom is -0.327 e. The Morgan fingerprint density at radius 3 is 2.53 bits per heavy atom. The molecule has 8 nitrogen and oxygen atoms in total. The van der Waals surface area contributed by atoms with Crippen molar-refractivity contribution in [1.29, 1.82) is 0 Å². The van der Waals surface area contributed by atoms with E-state index in [1.807, 2.05) is 0 Å². The van der Waals surface area contributed by atoms with Crippen LogP contribution in [0.1, 0.15) is 24.1 Å². The highest BCUT2D eigenvalue weighted by Gasteiger charge is 2.36. The van der Waals surface area contributed by atoms with E-state index in [9.17, 15) is 32.9 Å². The number of hydrogen-bond acceptors (Lipinski definition) is 4. The van der Waals surface area contributed by atoms with Gasteiger partial charge in [-0.2, -0.15) is 13.2 Å². The molecule has 3 rings (SSSR count). The molecule has 0 saturated carbocycles. The van der Waals surface area contributed by atoms with Gasteiger partial charge >= 0.3 is 12.2 Å². The number of hydrogen-bond donors (Lipinski definition) is 3. The lowest BCUT2D eigenvalue weighted by Gasteiger charge is -2.28. The maximum absolute atomic E-state index is 13.2. The van der Waals surface area contributed by atoms with E-state index in [0.29, 0.717) is 0 Å². The van der Waals surface area contributed by atoms with Crippen molar-refractivity contribution in [1.82, 2.24) is 10.6 Å². The van der Waals surface area contributed by atoms with Crippen LogP contribution in [0.4, 0.5) is 29.3 Å². The molecule has 1 aliphatic rings. The highest BCUT2D eigenvalue weighted by molar-refractivity contribution is 6.07. The summed E-state index contributed by atoms with van der Waals surface area (Å²) in [5.74, 6) is -0.895. The van der Waals surface area contributed by atoms with Crippen molar-refractivity contribution in [2.24, 2.45) is 0 Å². The van der Waals surface area contributed by atoms with Gasteiger partial charge in [0, 0.05) is 17.8 Å². The van der Waals surface area contributed by atoms with Gasteiger partial charge in [0.1, 0.15) is 0 Å². The highest BCUT2D eigenvalue weighted by atomic mass is 19.4. The quantitative estimate of drug-likeness (QED) is 0.515. The summed E-state index contributed by atoms with van der Waals surface area (Å²) in [6.07, 6.45) is -4.69. The van der Waals surface area contributed by atoms with Gasteiger partial charge in [-0.05, 0) is 24.6 Å². The number of carbonyl (C=O) groups is 2. The van der Waals surface area contributed by atoms with Gasteiger partial charge in [0.15, 0.2) is 0 Å². The van der Waals surface area contributed by atoms with Crippen LogP contribution in [0.15, 0.2) is 59.8 Å². The highest BCUT2D eigenvalue weighted by Crippen LogP contribution is 2.36. The summed E-state index contributed by atoms with van der Waals surface area (Å²) in [5.41, 5.74) is -1.49. The van der Waals surface area contributed by atoms with Gasteiger partial charge in [0.05, 0.1) is 27.8 Å². The molecule has 1 aliphatic heterocycles. The van der Waals surface area contributed by atoms with Gasteiger partial charge in [0.2, 0.25) is 0 Å². The fraction of sp³-hybridized carbons (Fsp3) is 0.158. The first-order valence-electron chi connectivity index (χ1n) is 8.58. The maximum Gasteiger partial charge on any atom is 0.418 e. The zero-order valence-corrected chi connectivity index (χ0v) is 15.4. The summed E-state index contributed by atoms with van der Waals surface area (Å²) in [4.78, 5) is 35.2. The second-order valence-corrected chi connectivity index (χ2v) is 6.42. The fourth-order valence-electron chi connectivity index (χ4n) is 3.09. The van der Waals surface area contributed by atoms with Gasteiger partial charge in [0.25, 0.3) is 11.6 Å². The van der Waals surface area contributed by atoms with E-state index in [0.717, 1.165) is 12.1 Å². The maximum atomic E-state index is 13.2. The van der Waals surface area contributed by atoms with Gasteiger partial charge in [-0.15, -0.1) is 0 Å². The third-order valence-electron chi connectivity index (χ3n) is 4.41. The summed E-state index contributed by atoms with van der Waals surface area (Å²) in [6.45, 7) is 1.41. The van der Waals surface area contributed by atoms with E-state index < -0.39 is 40.3 Å². The molecule has 0 aromatic heterocycles. The zero-order valence-electron chi connectivity index (χ0n) is 15.4. The molecule has 2 aromatic carbocycles. The van der Waals surface area contributed by atoms with Crippen LogP contribution in [0, 0.1) is 10.1 Å². The summed E-state index contributed by atoms with van der Waals surface area (Å²) >= 11 is 0. The molecule has 0 fully saturated rings. The molecule has 0 spiro atoms. The number of halogens is 3. The number of anilines is 1. The average molecular weight is 420 g/mol. The van der Waals surface area contributed by atoms with Gasteiger partial charge < -0.3 is 16.0 Å². The van der Waals surface area contributed by atoms with Crippen molar-refractivity contribution < 1.29 is 27.7 Å². The normalized spacial score (nSPS) is 16.5. The molecule has 3 N–H and O–H groups in total. The number of rotatable bonds is 4. The number of amides is 3. The Balaban J connectivity index is 2.01. The van der Waals surface area contributed by atoms with E-state index >= 15 is 0 Å². The monoisotopic (exact) mass is 420 g/mol. The van der Waals surface area contributed by atoms with Gasteiger partial charge in [-0.1, -0.05) is 24.3 Å². The molecule has 0 bridgehead atoms. The van der Waals surface area contributed by atoms with Crippen molar-refractivity contribution in [2.45, 2.75) is 19.1 Å². The molecule has 1 heterocycles. The molecule has 3 amide bonds. The lowest BCUT2D eigenvalue weighted by molar-refractivity contribution is -0.384. The number of allylic oxidation sites excluding steroid dienone is 1. The van der Waals surface area contributed by atoms with E-state index in [1.165, 1.54) is 43.3 Å². The summed E-state index contributed by atoms with van der Waals surface area (Å²) < 4.78 is 39.7. The Kier molecular flexibility index (Phi) is 5.45. The van der Waals surface area contributed by atoms with Crippen LogP contribution >= 0.6 is 0 Å². The molecule has 1 unspecified atom stereocenters. The Hall–Kier alpha value is -3.89. The number of benzene rings is 2. The molecule has 0 aliphatic carbocycles. The average Bonchev–Trinajstić information content (AvgIpc) is 2.67. The number of alkyl halides is 3. The predicted molar refractivity (Wildman–Crippen MR) is 100 cm³/mol. The Labute approximate surface area is 167 Å². The number of nitrogens with zero attached hydrogens (tertiary/aromatic N) is 1. The predicted octanol–water partition coefficient (Wildman–Crippen LogP) is 3.88. The molecular weight excluding hydrogens is 405 g/mol. The lowest BCUT2D eigenvalue weighted by Crippen LogP contribution is -2.46. The first kappa shape index (κ1) is 20.8. The van der Waals surface area contributed by atoms with Crippen molar-refractivity contribution in [3.63, 3.8) is 0 Å². The van der Waals surface area contributed by atoms with Crippen LogP contribution < -0.4 is 16.0 Å². The molecule has 0 radical (unpaired) electrons. The zero-order chi connectivity index (χ0) is 22.1. The molecule has 1 atom stereocenters. The van der Waals surface area contributed by atoms with Crippen LogP contribution in [0.25, 0.3) is 0 Å². The van der Waals surface area contributed by atoms with Crippen LogP contribution in [-0.4, -0.2) is 16.9 Å². The SMILES string of the molecule is CC1=C(C(=O)Nc2ccccc2C(F)(F)F)C(c2cccc([N+](=O)[O-])c2)NC(=O)N1. The smallest absolute Gasteiger partial charge is 0.327 e. The first-order chi connectivity index (χ1) is 14.1. The number of nitrogens with one attached hydrogen (secondary N) is 3. The van der Waals surface area contributed by atoms with E-state index in [1.54, 1.807) is 0 Å². The largest absolute Gasteiger partial charge is 0.418 e. The first-order valence-corrected chi connectivity index (χ1v) is 8.58. The van der Waals surface area contributed by atoms with E-state index in [-0.39, 0.29) is 22.5 Å². The molecule has 2 aromatic rings. The molecular formula is C19H15F3N4O4. The number of para-hydroxylation sites is 1. The van der Waals surface area contributed by atoms with E-state index in [2.05, 4.69) is 16.0 Å². The van der Waals surface area contributed by atoms with Crippen LogP contribution in [0.5, 0.6) is 0 Å². The third kappa shape index (κ3) is 4.24. The lowest BCUT2D eigenvalue weighted by atomic mass is 9.94. The Morgan fingerprint density at radius 2 is 1.87 bits per heavy atom. The molecule has 11 heteroatoms. The fourth-order valence-corrected chi connectivity index (χ4v) is 3.09. The number of non-ortho nitro benzene ring substituents is 1. The van der Waals surface area contributed by atoms with Gasteiger partial charge in [-0.25, -0.2) is 4.79 Å². The molecule has 156 valence electrons. The molecule has 30 heavy (non-hydrogen) atoms. The summed E-state index contributed by atoms with van der Waals surface area (Å²) in [5, 5.41) is 18.2. The van der Waals surface area contributed by atoms with Crippen molar-refractivity contribution in [3.05, 3.63) is 81.0 Å². The minimum absolute atomic E-state index is 0.0768. The van der Waals surface area contributed by atoms with Crippen LogP contribution in [0.3, 0.4) is 0 Å². The van der Waals surface area contributed by atoms with Crippen molar-refractivity contribution >= 4 is 23.3 Å². The Bertz CT molecular complexity index is 1070. The number of carbonyl (C=O) groups excluding carboxylic acids is 2. The minimum atomic E-state index is -4.69. The summed E-state index contributed by atoms with van der Waals surface area (Å²) in [7, 11) is 0. The summed E-state index contributed by atoms with van der Waals surface area (Å²) in [6, 6.07) is 7.97. The number of nitro benzene ring substituents is 1. The molecule has 0 saturated heterocycles. The van der Waals surface area contributed by atoms with Crippen molar-refractivity contribution in [2.75, 3.05) is 5.32 Å².